The maximum absolute atomic E-state index is 12.5. The van der Waals surface area contributed by atoms with Gasteiger partial charge in [-0.1, -0.05) is 0 Å². The maximum atomic E-state index is 12.5. The third-order valence-corrected chi connectivity index (χ3v) is 3.22. The van der Waals surface area contributed by atoms with E-state index in [1.807, 2.05) is 13.0 Å². The van der Waals surface area contributed by atoms with Gasteiger partial charge < -0.3 is 14.3 Å². The summed E-state index contributed by atoms with van der Waals surface area (Å²) in [5.41, 5.74) is 0.409. The van der Waals surface area contributed by atoms with Gasteiger partial charge in [0.25, 0.3) is 5.91 Å². The predicted molar refractivity (Wildman–Crippen MR) is 88.9 cm³/mol. The highest BCUT2D eigenvalue weighted by atomic mass is 16.5. The molecular formula is C18H16N2O5. The standard InChI is InChI=1S/C18H16N2O5/c1-2-24-14-7-5-13(6-8-14)20(17(21)9-10-18(22)23)15(12-19)16-4-3-11-25-16/h3-11,15H,2H2,1H3,(H,22,23)/b10-9+. The van der Waals surface area contributed by atoms with Crippen molar-refractivity contribution in [3.8, 4) is 11.8 Å². The lowest BCUT2D eigenvalue weighted by Crippen LogP contribution is -2.33. The zero-order valence-corrected chi connectivity index (χ0v) is 13.5. The van der Waals surface area contributed by atoms with Crippen LogP contribution in [-0.2, 0) is 9.59 Å². The molecular weight excluding hydrogens is 324 g/mol. The SMILES string of the molecule is CCOc1ccc(N(C(=O)/C=C/C(=O)O)C(C#N)c2ccco2)cc1. The van der Waals surface area contributed by atoms with Gasteiger partial charge in [0.2, 0.25) is 0 Å². The summed E-state index contributed by atoms with van der Waals surface area (Å²) >= 11 is 0. The Morgan fingerprint density at radius 1 is 1.32 bits per heavy atom. The molecule has 1 aromatic heterocycles. The summed E-state index contributed by atoms with van der Waals surface area (Å²) in [4.78, 5) is 24.4. The van der Waals surface area contributed by atoms with Gasteiger partial charge in [0.15, 0.2) is 6.04 Å². The average molecular weight is 340 g/mol. The molecule has 7 nitrogen and oxygen atoms in total. The Morgan fingerprint density at radius 2 is 2.04 bits per heavy atom. The molecule has 1 N–H and O–H groups in total. The highest BCUT2D eigenvalue weighted by molar-refractivity contribution is 6.04. The summed E-state index contributed by atoms with van der Waals surface area (Å²) in [5.74, 6) is -1.03. The molecule has 0 fully saturated rings. The quantitative estimate of drug-likeness (QED) is 0.777. The minimum Gasteiger partial charge on any atom is -0.494 e. The molecule has 0 aliphatic heterocycles. The monoisotopic (exact) mass is 340 g/mol. The Bertz CT molecular complexity index is 788. The molecule has 0 bridgehead atoms. The summed E-state index contributed by atoms with van der Waals surface area (Å²) < 4.78 is 10.6. The summed E-state index contributed by atoms with van der Waals surface area (Å²) in [6.07, 6.45) is 3.01. The van der Waals surface area contributed by atoms with E-state index in [4.69, 9.17) is 14.3 Å². The maximum Gasteiger partial charge on any atom is 0.328 e. The Balaban J connectivity index is 2.42. The van der Waals surface area contributed by atoms with E-state index in [2.05, 4.69) is 0 Å². The van der Waals surface area contributed by atoms with Crippen LogP contribution in [0.2, 0.25) is 0 Å². The lowest BCUT2D eigenvalue weighted by atomic mass is 10.1. The van der Waals surface area contributed by atoms with Crippen LogP contribution in [-0.4, -0.2) is 23.6 Å². The molecule has 1 unspecified atom stereocenters. The van der Waals surface area contributed by atoms with Crippen LogP contribution in [0.5, 0.6) is 5.75 Å². The van der Waals surface area contributed by atoms with Crippen LogP contribution in [0.3, 0.4) is 0 Å². The first-order chi connectivity index (χ1) is 12.1. The number of hydrogen-bond acceptors (Lipinski definition) is 5. The molecule has 1 atom stereocenters. The van der Waals surface area contributed by atoms with Gasteiger partial charge >= 0.3 is 5.97 Å². The fourth-order valence-corrected chi connectivity index (χ4v) is 2.19. The molecule has 0 radical (unpaired) electrons. The summed E-state index contributed by atoms with van der Waals surface area (Å²) in [6.45, 7) is 2.35. The van der Waals surface area contributed by atoms with Crippen molar-refractivity contribution in [3.05, 3.63) is 60.6 Å². The van der Waals surface area contributed by atoms with Crippen molar-refractivity contribution in [3.63, 3.8) is 0 Å². The van der Waals surface area contributed by atoms with Crippen LogP contribution in [0.1, 0.15) is 18.7 Å². The minimum atomic E-state index is -1.26. The van der Waals surface area contributed by atoms with Gasteiger partial charge in [0.1, 0.15) is 11.5 Å². The first-order valence-corrected chi connectivity index (χ1v) is 7.47. The van der Waals surface area contributed by atoms with E-state index in [0.29, 0.717) is 18.0 Å². The van der Waals surface area contributed by atoms with Crippen molar-refractivity contribution < 1.29 is 23.8 Å². The van der Waals surface area contributed by atoms with E-state index in [1.165, 1.54) is 6.26 Å². The first-order valence-electron chi connectivity index (χ1n) is 7.47. The number of nitriles is 1. The number of aliphatic carboxylic acids is 1. The average Bonchev–Trinajstić information content (AvgIpc) is 3.13. The van der Waals surface area contributed by atoms with Crippen LogP contribution < -0.4 is 9.64 Å². The number of carbonyl (C=O) groups is 2. The van der Waals surface area contributed by atoms with E-state index in [0.717, 1.165) is 17.1 Å². The van der Waals surface area contributed by atoms with Crippen LogP contribution >= 0.6 is 0 Å². The number of carboxylic acids is 1. The third kappa shape index (κ3) is 4.48. The third-order valence-electron chi connectivity index (χ3n) is 3.22. The van der Waals surface area contributed by atoms with Crippen molar-refractivity contribution in [2.45, 2.75) is 13.0 Å². The number of ether oxygens (including phenoxy) is 1. The van der Waals surface area contributed by atoms with Crippen LogP contribution in [0.4, 0.5) is 5.69 Å². The molecule has 25 heavy (non-hydrogen) atoms. The topological polar surface area (TPSA) is 104 Å². The van der Waals surface area contributed by atoms with Gasteiger partial charge in [-0.25, -0.2) is 4.79 Å². The highest BCUT2D eigenvalue weighted by Crippen LogP contribution is 2.29. The smallest absolute Gasteiger partial charge is 0.328 e. The summed E-state index contributed by atoms with van der Waals surface area (Å²) in [6, 6.07) is 10.7. The second-order valence-electron chi connectivity index (χ2n) is 4.85. The zero-order valence-electron chi connectivity index (χ0n) is 13.5. The largest absolute Gasteiger partial charge is 0.494 e. The molecule has 1 heterocycles. The Labute approximate surface area is 144 Å². The van der Waals surface area contributed by atoms with E-state index in [-0.39, 0.29) is 5.76 Å². The lowest BCUT2D eigenvalue weighted by molar-refractivity contribution is -0.131. The molecule has 1 aromatic carbocycles. The molecule has 128 valence electrons. The van der Waals surface area contributed by atoms with Gasteiger partial charge in [-0.05, 0) is 43.3 Å². The molecule has 2 rings (SSSR count). The van der Waals surface area contributed by atoms with Crippen LogP contribution in [0.15, 0.2) is 59.2 Å². The molecule has 0 spiro atoms. The molecule has 2 aromatic rings. The number of furan rings is 1. The van der Waals surface area contributed by atoms with Crippen LogP contribution in [0, 0.1) is 11.3 Å². The Hall–Kier alpha value is -3.53. The van der Waals surface area contributed by atoms with E-state index < -0.39 is 17.9 Å². The Kier molecular flexibility index (Phi) is 5.96. The normalized spacial score (nSPS) is 11.7. The number of amides is 1. The number of anilines is 1. The second kappa shape index (κ2) is 8.36. The minimum absolute atomic E-state index is 0.272. The van der Waals surface area contributed by atoms with Gasteiger partial charge in [0.05, 0.1) is 18.9 Å². The number of rotatable bonds is 7. The number of hydrogen-bond donors (Lipinski definition) is 1. The number of nitrogens with zero attached hydrogens (tertiary/aromatic N) is 2. The van der Waals surface area contributed by atoms with Crippen molar-refractivity contribution in [1.82, 2.24) is 0 Å². The van der Waals surface area contributed by atoms with Crippen molar-refractivity contribution in [2.24, 2.45) is 0 Å². The number of carboxylic acid groups (broad SMARTS) is 1. The number of carbonyl (C=O) groups excluding carboxylic acids is 1. The van der Waals surface area contributed by atoms with Gasteiger partial charge in [-0.3, -0.25) is 9.69 Å². The molecule has 1 amide bonds. The molecule has 0 aliphatic carbocycles. The number of benzene rings is 1. The van der Waals surface area contributed by atoms with Gasteiger partial charge in [-0.15, -0.1) is 0 Å². The Morgan fingerprint density at radius 3 is 2.56 bits per heavy atom. The van der Waals surface area contributed by atoms with E-state index in [9.17, 15) is 14.9 Å². The fraction of sp³-hybridized carbons (Fsp3) is 0.167. The fourth-order valence-electron chi connectivity index (χ4n) is 2.19. The van der Waals surface area contributed by atoms with Crippen molar-refractivity contribution in [1.29, 1.82) is 5.26 Å². The highest BCUT2D eigenvalue weighted by Gasteiger charge is 2.27. The molecule has 7 heteroatoms. The van der Waals surface area contributed by atoms with Crippen LogP contribution in [0.25, 0.3) is 0 Å². The molecule has 0 aliphatic rings. The summed E-state index contributed by atoms with van der Waals surface area (Å²) in [7, 11) is 0. The summed E-state index contributed by atoms with van der Waals surface area (Å²) in [5, 5.41) is 18.3. The lowest BCUT2D eigenvalue weighted by Gasteiger charge is -2.25. The van der Waals surface area contributed by atoms with Gasteiger partial charge in [-0.2, -0.15) is 5.26 Å². The predicted octanol–water partition coefficient (Wildman–Crippen LogP) is 2.92. The second-order valence-corrected chi connectivity index (χ2v) is 4.85. The molecule has 0 saturated carbocycles. The van der Waals surface area contributed by atoms with Crippen molar-refractivity contribution >= 4 is 17.6 Å². The van der Waals surface area contributed by atoms with Gasteiger partial charge in [0, 0.05) is 17.8 Å². The first kappa shape index (κ1) is 17.8. The van der Waals surface area contributed by atoms with E-state index >= 15 is 0 Å². The zero-order chi connectivity index (χ0) is 18.2. The molecule has 0 saturated heterocycles. The van der Waals surface area contributed by atoms with E-state index in [1.54, 1.807) is 36.4 Å². The van der Waals surface area contributed by atoms with Crippen molar-refractivity contribution in [2.75, 3.05) is 11.5 Å².